The molecule has 7 nitrogen and oxygen atoms in total. The van der Waals surface area contributed by atoms with Crippen molar-refractivity contribution in [2.24, 2.45) is 0 Å². The second-order valence-electron chi connectivity index (χ2n) is 6.46. The van der Waals surface area contributed by atoms with E-state index in [4.69, 9.17) is 30.2 Å². The summed E-state index contributed by atoms with van der Waals surface area (Å²) in [5.41, 5.74) is 0.926. The van der Waals surface area contributed by atoms with Crippen LogP contribution >= 0.6 is 22.9 Å². The third kappa shape index (κ3) is 4.04. The van der Waals surface area contributed by atoms with Gasteiger partial charge in [0.05, 0.1) is 49.4 Å². The van der Waals surface area contributed by atoms with Crippen LogP contribution in [-0.2, 0) is 6.54 Å². The Morgan fingerprint density at radius 3 is 2.55 bits per heavy atom. The average Bonchev–Trinajstić information content (AvgIpc) is 3.47. The highest BCUT2D eigenvalue weighted by atomic mass is 35.5. The molecule has 0 unspecified atom stereocenters. The number of carbonyl (C=O) groups is 1. The van der Waals surface area contributed by atoms with E-state index in [2.05, 4.69) is 4.98 Å². The van der Waals surface area contributed by atoms with Crippen molar-refractivity contribution < 1.29 is 23.4 Å². The van der Waals surface area contributed by atoms with Gasteiger partial charge in [0, 0.05) is 0 Å². The number of benzene rings is 2. The topological polar surface area (TPSA) is 74.0 Å². The molecule has 31 heavy (non-hydrogen) atoms. The lowest BCUT2D eigenvalue weighted by atomic mass is 10.1. The molecule has 0 saturated heterocycles. The van der Waals surface area contributed by atoms with Gasteiger partial charge < -0.3 is 18.6 Å². The van der Waals surface area contributed by atoms with Crippen LogP contribution in [0.5, 0.6) is 17.2 Å². The number of methoxy groups -OCH3 is 3. The maximum absolute atomic E-state index is 13.7. The van der Waals surface area contributed by atoms with Crippen LogP contribution in [0.1, 0.15) is 16.1 Å². The van der Waals surface area contributed by atoms with Gasteiger partial charge in [-0.25, -0.2) is 4.98 Å². The minimum absolute atomic E-state index is 0.173. The molecule has 4 aromatic rings. The summed E-state index contributed by atoms with van der Waals surface area (Å²) in [5, 5.41) is 0.983. The summed E-state index contributed by atoms with van der Waals surface area (Å²) in [5.74, 6) is 1.82. The summed E-state index contributed by atoms with van der Waals surface area (Å²) in [4.78, 5) is 19.9. The van der Waals surface area contributed by atoms with E-state index in [1.54, 1.807) is 62.9 Å². The van der Waals surface area contributed by atoms with Gasteiger partial charge in [-0.15, -0.1) is 0 Å². The molecule has 2 aromatic carbocycles. The second kappa shape index (κ2) is 8.87. The monoisotopic (exact) mass is 458 g/mol. The molecule has 0 bridgehead atoms. The van der Waals surface area contributed by atoms with E-state index in [-0.39, 0.29) is 12.5 Å². The van der Waals surface area contributed by atoms with Gasteiger partial charge in [-0.05, 0) is 42.5 Å². The maximum Gasteiger partial charge on any atom is 0.264 e. The summed E-state index contributed by atoms with van der Waals surface area (Å²) >= 11 is 7.69. The van der Waals surface area contributed by atoms with Crippen molar-refractivity contribution >= 4 is 44.2 Å². The molecule has 0 aliphatic heterocycles. The van der Waals surface area contributed by atoms with Crippen LogP contribution in [0.4, 0.5) is 5.13 Å². The quantitative estimate of drug-likeness (QED) is 0.368. The standard InChI is InChI=1S/C22H19ClN2O5S/c1-27-13-6-8-17(28-2)15(11-13)21(26)25(12-14-5-4-10-30-14)22-24-19-18(29-3)9-7-16(23)20(19)31-22/h4-11H,12H2,1-3H3. The van der Waals surface area contributed by atoms with E-state index in [9.17, 15) is 4.79 Å². The molecular weight excluding hydrogens is 440 g/mol. The Bertz CT molecular complexity index is 1220. The second-order valence-corrected chi connectivity index (χ2v) is 7.85. The molecule has 160 valence electrons. The normalized spacial score (nSPS) is 10.8. The van der Waals surface area contributed by atoms with Gasteiger partial charge in [0.2, 0.25) is 0 Å². The van der Waals surface area contributed by atoms with E-state index in [1.807, 2.05) is 0 Å². The van der Waals surface area contributed by atoms with Crippen molar-refractivity contribution in [2.75, 3.05) is 26.2 Å². The van der Waals surface area contributed by atoms with Gasteiger partial charge in [0.15, 0.2) is 5.13 Å². The zero-order chi connectivity index (χ0) is 22.0. The van der Waals surface area contributed by atoms with E-state index < -0.39 is 0 Å². The number of rotatable bonds is 7. The molecule has 0 aliphatic carbocycles. The predicted octanol–water partition coefficient (Wildman–Crippen LogP) is 5.42. The molecule has 0 atom stereocenters. The molecule has 0 saturated carbocycles. The number of hydrogen-bond acceptors (Lipinski definition) is 7. The van der Waals surface area contributed by atoms with Crippen molar-refractivity contribution in [3.8, 4) is 17.2 Å². The molecule has 1 amide bonds. The van der Waals surface area contributed by atoms with Gasteiger partial charge in [0.1, 0.15) is 28.5 Å². The van der Waals surface area contributed by atoms with Crippen LogP contribution in [0.3, 0.4) is 0 Å². The van der Waals surface area contributed by atoms with Crippen LogP contribution in [0.2, 0.25) is 5.02 Å². The Labute approximate surface area is 187 Å². The van der Waals surface area contributed by atoms with E-state index >= 15 is 0 Å². The first kappa shape index (κ1) is 21.0. The van der Waals surface area contributed by atoms with Crippen molar-refractivity contribution in [1.82, 2.24) is 4.98 Å². The number of fused-ring (bicyclic) bond motifs is 1. The molecule has 9 heteroatoms. The van der Waals surface area contributed by atoms with Crippen LogP contribution in [0.15, 0.2) is 53.1 Å². The number of halogens is 1. The third-order valence-electron chi connectivity index (χ3n) is 4.67. The summed E-state index contributed by atoms with van der Waals surface area (Å²) in [7, 11) is 4.62. The number of hydrogen-bond donors (Lipinski definition) is 0. The number of ether oxygens (including phenoxy) is 3. The zero-order valence-corrected chi connectivity index (χ0v) is 18.6. The lowest BCUT2D eigenvalue weighted by molar-refractivity contribution is 0.0980. The van der Waals surface area contributed by atoms with Gasteiger partial charge in [0.25, 0.3) is 5.91 Å². The summed E-state index contributed by atoms with van der Waals surface area (Å²) < 4.78 is 22.4. The molecule has 0 fully saturated rings. The van der Waals surface area contributed by atoms with E-state index in [1.165, 1.54) is 23.3 Å². The molecule has 0 radical (unpaired) electrons. The highest BCUT2D eigenvalue weighted by Crippen LogP contribution is 2.40. The maximum atomic E-state index is 13.7. The van der Waals surface area contributed by atoms with Crippen molar-refractivity contribution in [1.29, 1.82) is 0 Å². The fraction of sp³-hybridized carbons (Fsp3) is 0.182. The third-order valence-corrected chi connectivity index (χ3v) is 6.21. The number of amides is 1. The number of thiazole rings is 1. The predicted molar refractivity (Wildman–Crippen MR) is 120 cm³/mol. The minimum Gasteiger partial charge on any atom is -0.497 e. The van der Waals surface area contributed by atoms with Crippen LogP contribution < -0.4 is 19.1 Å². The molecule has 2 heterocycles. The summed E-state index contributed by atoms with van der Waals surface area (Å²) in [6.07, 6.45) is 1.56. The fourth-order valence-electron chi connectivity index (χ4n) is 3.13. The van der Waals surface area contributed by atoms with Crippen LogP contribution in [0.25, 0.3) is 10.2 Å². The fourth-order valence-corrected chi connectivity index (χ4v) is 4.39. The first-order valence-corrected chi connectivity index (χ1v) is 10.4. The SMILES string of the molecule is COc1ccc(OC)c(C(=O)N(Cc2ccco2)c2nc3c(OC)ccc(Cl)c3s2)c1. The molecule has 0 spiro atoms. The summed E-state index contributed by atoms with van der Waals surface area (Å²) in [6.45, 7) is 0.173. The lowest BCUT2D eigenvalue weighted by Crippen LogP contribution is -2.30. The highest BCUT2D eigenvalue weighted by Gasteiger charge is 2.27. The highest BCUT2D eigenvalue weighted by molar-refractivity contribution is 7.23. The number of aromatic nitrogens is 1. The Morgan fingerprint density at radius 2 is 1.87 bits per heavy atom. The first-order valence-electron chi connectivity index (χ1n) is 9.25. The Kier molecular flexibility index (Phi) is 6.01. The Morgan fingerprint density at radius 1 is 1.10 bits per heavy atom. The van der Waals surface area contributed by atoms with E-state index in [0.29, 0.717) is 44.2 Å². The largest absolute Gasteiger partial charge is 0.497 e. The number of furan rings is 1. The molecule has 2 aromatic heterocycles. The average molecular weight is 459 g/mol. The number of nitrogens with zero attached hydrogens (tertiary/aromatic N) is 2. The Hall–Kier alpha value is -3.23. The molecule has 0 N–H and O–H groups in total. The number of anilines is 1. The van der Waals surface area contributed by atoms with Crippen LogP contribution in [-0.4, -0.2) is 32.2 Å². The van der Waals surface area contributed by atoms with Crippen molar-refractivity contribution in [3.63, 3.8) is 0 Å². The Balaban J connectivity index is 1.85. The van der Waals surface area contributed by atoms with E-state index in [0.717, 1.165) is 4.70 Å². The first-order chi connectivity index (χ1) is 15.0. The van der Waals surface area contributed by atoms with Gasteiger partial charge in [-0.3, -0.25) is 9.69 Å². The van der Waals surface area contributed by atoms with Crippen molar-refractivity contribution in [2.45, 2.75) is 6.54 Å². The smallest absolute Gasteiger partial charge is 0.264 e. The van der Waals surface area contributed by atoms with Crippen LogP contribution in [0, 0.1) is 0 Å². The molecular formula is C22H19ClN2O5S. The van der Waals surface area contributed by atoms with Gasteiger partial charge in [-0.1, -0.05) is 22.9 Å². The molecule has 0 aliphatic rings. The van der Waals surface area contributed by atoms with Gasteiger partial charge >= 0.3 is 0 Å². The lowest BCUT2D eigenvalue weighted by Gasteiger charge is -2.20. The van der Waals surface area contributed by atoms with Gasteiger partial charge in [-0.2, -0.15) is 0 Å². The minimum atomic E-state index is -0.318. The number of carbonyl (C=O) groups excluding carboxylic acids is 1. The molecule has 4 rings (SSSR count). The van der Waals surface area contributed by atoms with Crippen molar-refractivity contribution in [3.05, 3.63) is 65.1 Å². The summed E-state index contributed by atoms with van der Waals surface area (Å²) in [6, 6.07) is 12.1. The zero-order valence-electron chi connectivity index (χ0n) is 17.0.